The van der Waals surface area contributed by atoms with Crippen LogP contribution in [0.3, 0.4) is 0 Å². The number of likely N-dealkylation sites (N-methyl/N-ethyl adjacent to an activating group) is 1. The Labute approximate surface area is 161 Å². The van der Waals surface area contributed by atoms with Crippen molar-refractivity contribution in [1.82, 2.24) is 25.0 Å². The number of benzene rings is 1. The zero-order valence-corrected chi connectivity index (χ0v) is 16.5. The predicted octanol–water partition coefficient (Wildman–Crippen LogP) is 2.94. The maximum absolute atomic E-state index is 12.8. The number of hydrogen-bond acceptors (Lipinski definition) is 4. The number of rotatable bonds is 7. The Bertz CT molecular complexity index is 716. The molecule has 2 heterocycles. The molecule has 0 unspecified atom stereocenters. The molecule has 1 aliphatic heterocycles. The minimum atomic E-state index is -0.188. The first-order valence-corrected chi connectivity index (χ1v) is 9.06. The number of hydrogen-bond donors (Lipinski definition) is 1. The minimum absolute atomic E-state index is 0. The Morgan fingerprint density at radius 2 is 1.92 bits per heavy atom. The Hall–Kier alpha value is -1.92. The predicted molar refractivity (Wildman–Crippen MR) is 104 cm³/mol. The lowest BCUT2D eigenvalue weighted by molar-refractivity contribution is -0.137. The molecule has 1 atom stereocenters. The number of nitrogens with zero attached hydrogens (tertiary/aromatic N) is 4. The van der Waals surface area contributed by atoms with Crippen molar-refractivity contribution in [2.75, 3.05) is 6.54 Å². The molecular weight excluding hydrogens is 350 g/mol. The molecule has 1 aliphatic rings. The molecule has 0 saturated heterocycles. The summed E-state index contributed by atoms with van der Waals surface area (Å²) in [4.78, 5) is 14.7. The average molecular weight is 378 g/mol. The molecular formula is C19H28ClN5O. The summed E-state index contributed by atoms with van der Waals surface area (Å²) in [5, 5.41) is 12.1. The van der Waals surface area contributed by atoms with Crippen molar-refractivity contribution in [2.24, 2.45) is 5.92 Å². The molecule has 142 valence electrons. The lowest BCUT2D eigenvalue weighted by Crippen LogP contribution is -2.43. The van der Waals surface area contributed by atoms with Crippen LogP contribution in [0.2, 0.25) is 0 Å². The highest BCUT2D eigenvalue weighted by Gasteiger charge is 2.35. The van der Waals surface area contributed by atoms with Crippen LogP contribution in [0.5, 0.6) is 0 Å². The third-order valence-corrected chi connectivity index (χ3v) is 4.61. The number of fused-ring (bicyclic) bond motifs is 1. The summed E-state index contributed by atoms with van der Waals surface area (Å²) in [6.45, 7) is 8.95. The molecule has 1 aromatic heterocycles. The number of halogens is 1. The van der Waals surface area contributed by atoms with Crippen molar-refractivity contribution < 1.29 is 4.79 Å². The van der Waals surface area contributed by atoms with Gasteiger partial charge in [0.2, 0.25) is 5.91 Å². The lowest BCUT2D eigenvalue weighted by atomic mass is 10.0. The second-order valence-electron chi connectivity index (χ2n) is 6.99. The monoisotopic (exact) mass is 377 g/mol. The van der Waals surface area contributed by atoms with E-state index < -0.39 is 0 Å². The molecule has 2 aromatic rings. The molecule has 1 amide bonds. The molecule has 0 spiro atoms. The normalized spacial score (nSPS) is 16.5. The first-order valence-electron chi connectivity index (χ1n) is 9.06. The van der Waals surface area contributed by atoms with E-state index in [1.54, 1.807) is 0 Å². The topological polar surface area (TPSA) is 63.1 Å². The zero-order chi connectivity index (χ0) is 17.8. The van der Waals surface area contributed by atoms with Crippen molar-refractivity contribution in [3.05, 3.63) is 47.5 Å². The second-order valence-corrected chi connectivity index (χ2v) is 6.99. The average Bonchev–Trinajstić information content (AvgIpc) is 3.00. The van der Waals surface area contributed by atoms with E-state index in [0.717, 1.165) is 24.6 Å². The minimum Gasteiger partial charge on any atom is -0.334 e. The molecule has 0 radical (unpaired) electrons. The maximum atomic E-state index is 12.8. The summed E-state index contributed by atoms with van der Waals surface area (Å²) in [6, 6.07) is 10.1. The van der Waals surface area contributed by atoms with E-state index in [9.17, 15) is 4.79 Å². The number of amides is 1. The highest BCUT2D eigenvalue weighted by Crippen LogP contribution is 2.28. The van der Waals surface area contributed by atoms with Crippen molar-refractivity contribution in [2.45, 2.75) is 52.9 Å². The van der Waals surface area contributed by atoms with Gasteiger partial charge in [-0.05, 0) is 24.8 Å². The summed E-state index contributed by atoms with van der Waals surface area (Å²) < 4.78 is 2.06. The van der Waals surface area contributed by atoms with Gasteiger partial charge in [-0.15, -0.1) is 22.6 Å². The highest BCUT2D eigenvalue weighted by atomic mass is 35.5. The molecule has 7 heteroatoms. The molecule has 6 nitrogen and oxygen atoms in total. The summed E-state index contributed by atoms with van der Waals surface area (Å²) in [5.41, 5.74) is 1.23. The quantitative estimate of drug-likeness (QED) is 0.805. The Kier molecular flexibility index (Phi) is 7.17. The number of nitrogens with one attached hydrogen (secondary N) is 1. The van der Waals surface area contributed by atoms with Crippen molar-refractivity contribution in [3.63, 3.8) is 0 Å². The van der Waals surface area contributed by atoms with E-state index in [-0.39, 0.29) is 24.4 Å². The maximum Gasteiger partial charge on any atom is 0.246 e. The van der Waals surface area contributed by atoms with Gasteiger partial charge in [0.15, 0.2) is 5.82 Å². The first kappa shape index (κ1) is 20.4. The number of aromatic nitrogens is 3. The SMILES string of the molecule is CCN1Cc2nnc(CNCc3ccccc3)n2[C@@H](CC(C)C)C1=O.Cl. The van der Waals surface area contributed by atoms with Gasteiger partial charge in [0, 0.05) is 13.1 Å². The molecule has 0 aliphatic carbocycles. The van der Waals surface area contributed by atoms with Crippen LogP contribution in [0.15, 0.2) is 30.3 Å². The zero-order valence-electron chi connectivity index (χ0n) is 15.7. The van der Waals surface area contributed by atoms with E-state index in [0.29, 0.717) is 25.6 Å². The fourth-order valence-corrected chi connectivity index (χ4v) is 3.35. The van der Waals surface area contributed by atoms with Crippen LogP contribution in [-0.4, -0.2) is 32.1 Å². The van der Waals surface area contributed by atoms with Crippen molar-refractivity contribution in [3.8, 4) is 0 Å². The van der Waals surface area contributed by atoms with Gasteiger partial charge in [-0.25, -0.2) is 0 Å². The molecule has 1 aromatic carbocycles. The van der Waals surface area contributed by atoms with Gasteiger partial charge in [-0.3, -0.25) is 9.36 Å². The molecule has 26 heavy (non-hydrogen) atoms. The summed E-state index contributed by atoms with van der Waals surface area (Å²) in [6.07, 6.45) is 0.812. The van der Waals surface area contributed by atoms with Crippen molar-refractivity contribution >= 4 is 18.3 Å². The third kappa shape index (κ3) is 4.43. The van der Waals surface area contributed by atoms with Gasteiger partial charge in [0.25, 0.3) is 0 Å². The molecule has 0 fully saturated rings. The van der Waals surface area contributed by atoms with Crippen LogP contribution in [0, 0.1) is 5.92 Å². The largest absolute Gasteiger partial charge is 0.334 e. The Morgan fingerprint density at radius 1 is 1.19 bits per heavy atom. The standard InChI is InChI=1S/C19H27N5O.ClH/c1-4-23-13-18-22-21-17(12-20-11-15-8-6-5-7-9-15)24(18)16(19(23)25)10-14(2)3;/h5-9,14,16,20H,4,10-13H2,1-3H3;1H/t16-;/m0./s1. The number of carbonyl (C=O) groups is 1. The Morgan fingerprint density at radius 3 is 2.58 bits per heavy atom. The Balaban J connectivity index is 0.00000243. The molecule has 3 rings (SSSR count). The van der Waals surface area contributed by atoms with Gasteiger partial charge < -0.3 is 10.2 Å². The summed E-state index contributed by atoms with van der Waals surface area (Å²) >= 11 is 0. The summed E-state index contributed by atoms with van der Waals surface area (Å²) in [7, 11) is 0. The fourth-order valence-electron chi connectivity index (χ4n) is 3.35. The van der Waals surface area contributed by atoms with Gasteiger partial charge >= 0.3 is 0 Å². The first-order chi connectivity index (χ1) is 12.1. The van der Waals surface area contributed by atoms with E-state index in [1.165, 1.54) is 5.56 Å². The highest BCUT2D eigenvalue weighted by molar-refractivity contribution is 5.85. The van der Waals surface area contributed by atoms with Crippen LogP contribution in [0.4, 0.5) is 0 Å². The smallest absolute Gasteiger partial charge is 0.246 e. The van der Waals surface area contributed by atoms with E-state index in [4.69, 9.17) is 0 Å². The number of carbonyl (C=O) groups excluding carboxylic acids is 1. The van der Waals surface area contributed by atoms with Crippen LogP contribution < -0.4 is 5.32 Å². The lowest BCUT2D eigenvalue weighted by Gasteiger charge is -2.34. The fraction of sp³-hybridized carbons (Fsp3) is 0.526. The van der Waals surface area contributed by atoms with Crippen LogP contribution in [0.25, 0.3) is 0 Å². The van der Waals surface area contributed by atoms with Crippen molar-refractivity contribution in [1.29, 1.82) is 0 Å². The third-order valence-electron chi connectivity index (χ3n) is 4.61. The summed E-state index contributed by atoms with van der Waals surface area (Å²) in [5.74, 6) is 2.36. The van der Waals surface area contributed by atoms with E-state index in [2.05, 4.69) is 46.1 Å². The molecule has 0 saturated carbocycles. The van der Waals surface area contributed by atoms with Crippen LogP contribution in [0.1, 0.15) is 50.4 Å². The van der Waals surface area contributed by atoms with E-state index in [1.807, 2.05) is 30.0 Å². The van der Waals surface area contributed by atoms with Crippen LogP contribution in [-0.2, 0) is 24.4 Å². The van der Waals surface area contributed by atoms with E-state index >= 15 is 0 Å². The van der Waals surface area contributed by atoms with Gasteiger partial charge in [0.1, 0.15) is 11.9 Å². The molecule has 0 bridgehead atoms. The second kappa shape index (κ2) is 9.14. The van der Waals surface area contributed by atoms with Gasteiger partial charge in [-0.1, -0.05) is 44.2 Å². The van der Waals surface area contributed by atoms with Crippen LogP contribution >= 0.6 is 12.4 Å². The van der Waals surface area contributed by atoms with Gasteiger partial charge in [-0.2, -0.15) is 0 Å². The molecule has 1 N–H and O–H groups in total. The van der Waals surface area contributed by atoms with Gasteiger partial charge in [0.05, 0.1) is 13.1 Å².